The largest absolute Gasteiger partial charge is 0.107 e. The summed E-state index contributed by atoms with van der Waals surface area (Å²) in [5.74, 6) is 12.2. The summed E-state index contributed by atoms with van der Waals surface area (Å²) in [4.78, 5) is 0. The van der Waals surface area contributed by atoms with Gasteiger partial charge in [0.1, 0.15) is 0 Å². The maximum atomic E-state index is 3.13. The van der Waals surface area contributed by atoms with Gasteiger partial charge in [-0.3, -0.25) is 0 Å². The number of unbranched alkanes of at least 4 members (excludes halogenated alkanes) is 23. The molecule has 0 rings (SSSR count). The maximum absolute atomic E-state index is 3.13. The average molecular weight is 459 g/mol. The summed E-state index contributed by atoms with van der Waals surface area (Å²) in [5, 5.41) is 0. The zero-order valence-electron chi connectivity index (χ0n) is 23.7. The van der Waals surface area contributed by atoms with E-state index in [-0.39, 0.29) is 0 Å². The molecule has 0 aromatic heterocycles. The molecule has 33 heavy (non-hydrogen) atoms. The molecular weight excluding hydrogens is 396 g/mol. The van der Waals surface area contributed by atoms with Gasteiger partial charge in [0.05, 0.1) is 0 Å². The first-order valence-electron chi connectivity index (χ1n) is 15.1. The van der Waals surface area contributed by atoms with Gasteiger partial charge in [0.15, 0.2) is 0 Å². The van der Waals surface area contributed by atoms with Crippen molar-refractivity contribution in [2.75, 3.05) is 0 Å². The molecule has 0 aliphatic rings. The molecule has 0 saturated carbocycles. The first kappa shape index (κ1) is 34.3. The van der Waals surface area contributed by atoms with Gasteiger partial charge < -0.3 is 0 Å². The molecule has 0 unspecified atom stereocenters. The Morgan fingerprint density at radius 2 is 0.515 bits per heavy atom. The van der Waals surface area contributed by atoms with Crippen LogP contribution in [0.5, 0.6) is 0 Å². The molecule has 0 aliphatic carbocycles. The van der Waals surface area contributed by atoms with Crippen molar-refractivity contribution < 1.29 is 0 Å². The fourth-order valence-electron chi connectivity index (χ4n) is 4.18. The Bertz CT molecular complexity index is 438. The number of hydrogen-bond donors (Lipinski definition) is 0. The molecule has 0 aromatic carbocycles. The summed E-state index contributed by atoms with van der Waals surface area (Å²) in [6.45, 7) is 8.42. The molecule has 0 aliphatic heterocycles. The van der Waals surface area contributed by atoms with Crippen molar-refractivity contribution in [2.45, 2.75) is 188 Å². The van der Waals surface area contributed by atoms with Crippen LogP contribution in [0.25, 0.3) is 0 Å². The van der Waals surface area contributed by atoms with Crippen molar-refractivity contribution in [3.63, 3.8) is 0 Å². The lowest BCUT2D eigenvalue weighted by atomic mass is 10.0. The van der Waals surface area contributed by atoms with E-state index < -0.39 is 0 Å². The van der Waals surface area contributed by atoms with Crippen LogP contribution in [0.4, 0.5) is 0 Å². The molecule has 0 radical (unpaired) electrons. The van der Waals surface area contributed by atoms with E-state index in [1.807, 2.05) is 13.8 Å². The van der Waals surface area contributed by atoms with Gasteiger partial charge in [0.25, 0.3) is 0 Å². The van der Waals surface area contributed by atoms with E-state index in [0.29, 0.717) is 0 Å². The van der Waals surface area contributed by atoms with Crippen molar-refractivity contribution in [1.29, 1.82) is 0 Å². The maximum Gasteiger partial charge on any atom is 0.00885 e. The van der Waals surface area contributed by atoms with E-state index in [0.717, 1.165) is 12.8 Å². The van der Waals surface area contributed by atoms with Crippen molar-refractivity contribution in [3.8, 4) is 23.7 Å². The van der Waals surface area contributed by atoms with Crippen LogP contribution in [-0.4, -0.2) is 0 Å². The molecule has 0 atom stereocenters. The predicted molar refractivity (Wildman–Crippen MR) is 154 cm³/mol. The Balaban J connectivity index is 0. The molecule has 0 heteroatoms. The van der Waals surface area contributed by atoms with Crippen LogP contribution in [0.15, 0.2) is 0 Å². The van der Waals surface area contributed by atoms with Crippen molar-refractivity contribution in [1.82, 2.24) is 0 Å². The molecule has 194 valence electrons. The fourth-order valence-corrected chi connectivity index (χ4v) is 4.18. The Kier molecular flexibility index (Phi) is 37.1. The number of hydrogen-bond acceptors (Lipinski definition) is 0. The topological polar surface area (TPSA) is 0 Å². The standard InChI is InChI=1S/C17H32.C16H30/c1-3-5-7-9-11-13-15-17-16-14-12-10-8-6-4-2;1-3-5-7-9-11-13-15-16-14-12-10-8-6-4-2/h3,5,7-17H2,1-2H3;3,5,7-16H2,1-2H3. The minimum atomic E-state index is 1.10. The summed E-state index contributed by atoms with van der Waals surface area (Å²) < 4.78 is 0. The third kappa shape index (κ3) is 38.7. The van der Waals surface area contributed by atoms with E-state index in [2.05, 4.69) is 37.5 Å². The van der Waals surface area contributed by atoms with Crippen LogP contribution in [0.3, 0.4) is 0 Å². The molecule has 0 bridgehead atoms. The summed E-state index contributed by atoms with van der Waals surface area (Å²) in [6.07, 6.45) is 34.9. The highest BCUT2D eigenvalue weighted by Gasteiger charge is 1.93. The van der Waals surface area contributed by atoms with E-state index in [1.165, 1.54) is 148 Å². The predicted octanol–water partition coefficient (Wildman–Crippen LogP) is 11.8. The van der Waals surface area contributed by atoms with Gasteiger partial charge in [-0.25, -0.2) is 0 Å². The molecule has 0 amide bonds. The number of rotatable bonds is 23. The Labute approximate surface area is 211 Å². The lowest BCUT2D eigenvalue weighted by Crippen LogP contribution is -1.82. The van der Waals surface area contributed by atoms with Gasteiger partial charge in [0, 0.05) is 12.8 Å². The first-order valence-corrected chi connectivity index (χ1v) is 15.1. The van der Waals surface area contributed by atoms with Gasteiger partial charge in [-0.2, -0.15) is 0 Å². The van der Waals surface area contributed by atoms with Crippen LogP contribution < -0.4 is 0 Å². The Morgan fingerprint density at radius 1 is 0.303 bits per heavy atom. The van der Waals surface area contributed by atoms with E-state index in [4.69, 9.17) is 0 Å². The lowest BCUT2D eigenvalue weighted by Gasteiger charge is -2.01. The molecular formula is C33H62. The minimum Gasteiger partial charge on any atom is -0.107 e. The van der Waals surface area contributed by atoms with Crippen LogP contribution in [-0.2, 0) is 0 Å². The van der Waals surface area contributed by atoms with Crippen molar-refractivity contribution >= 4 is 0 Å². The molecule has 0 spiro atoms. The summed E-state index contributed by atoms with van der Waals surface area (Å²) in [6, 6.07) is 0. The van der Waals surface area contributed by atoms with E-state index >= 15 is 0 Å². The Hall–Kier alpha value is -0.880. The van der Waals surface area contributed by atoms with Crippen LogP contribution >= 0.6 is 0 Å². The SMILES string of the molecule is CC#CCCCCCCCCCCCCC.CC#CCCCCCCCCCCCCCC. The second-order valence-electron chi connectivity index (χ2n) is 9.78. The highest BCUT2D eigenvalue weighted by atomic mass is 14.0. The lowest BCUT2D eigenvalue weighted by molar-refractivity contribution is 0.545. The second kappa shape index (κ2) is 35.7. The van der Waals surface area contributed by atoms with Gasteiger partial charge in [-0.1, -0.05) is 149 Å². The summed E-state index contributed by atoms with van der Waals surface area (Å²) in [5.41, 5.74) is 0. The van der Waals surface area contributed by atoms with Crippen molar-refractivity contribution in [3.05, 3.63) is 0 Å². The zero-order chi connectivity index (χ0) is 24.5. The molecule has 0 aromatic rings. The molecule has 0 heterocycles. The molecule has 0 fully saturated rings. The highest BCUT2D eigenvalue weighted by molar-refractivity contribution is 4.94. The van der Waals surface area contributed by atoms with Gasteiger partial charge >= 0.3 is 0 Å². The Morgan fingerprint density at radius 3 is 0.727 bits per heavy atom. The first-order chi connectivity index (χ1) is 16.3. The van der Waals surface area contributed by atoms with E-state index in [1.54, 1.807) is 0 Å². The second-order valence-corrected chi connectivity index (χ2v) is 9.78. The monoisotopic (exact) mass is 458 g/mol. The van der Waals surface area contributed by atoms with Crippen LogP contribution in [0.1, 0.15) is 188 Å². The quantitative estimate of drug-likeness (QED) is 0.105. The van der Waals surface area contributed by atoms with E-state index in [9.17, 15) is 0 Å². The smallest absolute Gasteiger partial charge is 0.00885 e. The van der Waals surface area contributed by atoms with Crippen LogP contribution in [0.2, 0.25) is 0 Å². The summed E-state index contributed by atoms with van der Waals surface area (Å²) >= 11 is 0. The third-order valence-corrected chi connectivity index (χ3v) is 6.41. The van der Waals surface area contributed by atoms with Gasteiger partial charge in [-0.15, -0.1) is 23.7 Å². The zero-order valence-corrected chi connectivity index (χ0v) is 23.7. The van der Waals surface area contributed by atoms with Gasteiger partial charge in [-0.05, 0) is 26.7 Å². The average Bonchev–Trinajstić information content (AvgIpc) is 2.83. The molecule has 0 saturated heterocycles. The minimum absolute atomic E-state index is 1.10. The van der Waals surface area contributed by atoms with Crippen LogP contribution in [0, 0.1) is 23.7 Å². The highest BCUT2D eigenvalue weighted by Crippen LogP contribution is 2.13. The third-order valence-electron chi connectivity index (χ3n) is 6.41. The van der Waals surface area contributed by atoms with Crippen molar-refractivity contribution in [2.24, 2.45) is 0 Å². The molecule has 0 nitrogen and oxygen atoms in total. The fraction of sp³-hybridized carbons (Fsp3) is 0.879. The normalized spacial score (nSPS) is 9.94. The molecule has 0 N–H and O–H groups in total. The summed E-state index contributed by atoms with van der Waals surface area (Å²) in [7, 11) is 0. The van der Waals surface area contributed by atoms with Gasteiger partial charge in [0.2, 0.25) is 0 Å².